The highest BCUT2D eigenvalue weighted by Crippen LogP contribution is 2.03. The molecule has 0 aliphatic carbocycles. The van der Waals surface area contributed by atoms with Crippen LogP contribution in [0.3, 0.4) is 0 Å². The Morgan fingerprint density at radius 1 is 1.00 bits per heavy atom. The minimum Gasteiger partial charge on any atom is -0.313 e. The summed E-state index contributed by atoms with van der Waals surface area (Å²) in [4.78, 5) is 7.20. The topological polar surface area (TPSA) is 27.3 Å². The zero-order valence-electron chi connectivity index (χ0n) is 9.07. The van der Waals surface area contributed by atoms with Crippen LogP contribution in [0.4, 0.5) is 0 Å². The molecule has 0 amide bonds. The molecule has 0 spiro atoms. The van der Waals surface area contributed by atoms with Crippen LogP contribution in [0.5, 0.6) is 0 Å². The van der Waals surface area contributed by atoms with E-state index in [1.165, 1.54) is 6.04 Å². The molecule has 4 heteroatoms. The number of nitrogens with zero attached hydrogens (tertiary/aromatic N) is 1. The number of nitrogens with one attached hydrogen (secondary N) is 2. The zero-order valence-corrected chi connectivity index (χ0v) is 10.1. The average Bonchev–Trinajstić information content (AvgIpc) is 2.03. The summed E-state index contributed by atoms with van der Waals surface area (Å²) in [7, 11) is 2.79. The van der Waals surface area contributed by atoms with Gasteiger partial charge in [0, 0.05) is 0 Å². The fourth-order valence-electron chi connectivity index (χ4n) is 1.53. The third-order valence-corrected chi connectivity index (χ3v) is 6.64. The zero-order chi connectivity index (χ0) is 9.61. The molecule has 0 rings (SSSR count). The maximum atomic E-state index is 3.60. The van der Waals surface area contributed by atoms with Crippen LogP contribution in [0.15, 0.2) is 0 Å². The van der Waals surface area contributed by atoms with Crippen LogP contribution in [0, 0.1) is 0 Å². The van der Waals surface area contributed by atoms with Gasteiger partial charge in [-0.05, 0) is 33.2 Å². The minimum absolute atomic E-state index is 1.05. The van der Waals surface area contributed by atoms with E-state index < -0.39 is 8.56 Å². The quantitative estimate of drug-likeness (QED) is 0.603. The van der Waals surface area contributed by atoms with Crippen molar-refractivity contribution < 1.29 is 0 Å². The van der Waals surface area contributed by atoms with Crippen molar-refractivity contribution in [1.29, 1.82) is 0 Å². The summed E-state index contributed by atoms with van der Waals surface area (Å²) in [5, 5.41) is 0. The Balaban J connectivity index is 4.28. The first-order valence-corrected chi connectivity index (χ1v) is 6.95. The normalized spacial score (nSPS) is 12.5. The first kappa shape index (κ1) is 12.1. The molecule has 0 aromatic carbocycles. The van der Waals surface area contributed by atoms with Gasteiger partial charge in [-0.1, -0.05) is 20.8 Å². The lowest BCUT2D eigenvalue weighted by Crippen LogP contribution is -2.70. The molecule has 0 fully saturated rings. The number of rotatable bonds is 6. The van der Waals surface area contributed by atoms with Crippen LogP contribution in [0.25, 0.3) is 0 Å². The van der Waals surface area contributed by atoms with Crippen molar-refractivity contribution in [2.75, 3.05) is 27.2 Å². The van der Waals surface area contributed by atoms with Crippen molar-refractivity contribution >= 4 is 8.56 Å². The Morgan fingerprint density at radius 2 is 1.42 bits per heavy atom. The van der Waals surface area contributed by atoms with Crippen LogP contribution in [-0.4, -0.2) is 40.3 Å². The minimum atomic E-state index is -1.51. The third kappa shape index (κ3) is 2.86. The van der Waals surface area contributed by atoms with Crippen molar-refractivity contribution in [3.63, 3.8) is 0 Å². The molecule has 0 aromatic heterocycles. The van der Waals surface area contributed by atoms with E-state index in [4.69, 9.17) is 0 Å². The summed E-state index contributed by atoms with van der Waals surface area (Å²) in [6.07, 6.45) is 0. The van der Waals surface area contributed by atoms with E-state index in [1.54, 1.807) is 0 Å². The molecule has 0 heterocycles. The predicted octanol–water partition coefficient (Wildman–Crippen LogP) is 0.726. The van der Waals surface area contributed by atoms with E-state index in [0.717, 1.165) is 13.1 Å². The van der Waals surface area contributed by atoms with Crippen LogP contribution >= 0.6 is 0 Å². The van der Waals surface area contributed by atoms with Gasteiger partial charge in [0.25, 0.3) is 8.56 Å². The molecule has 0 radical (unpaired) electrons. The molecule has 0 saturated carbocycles. The predicted molar refractivity (Wildman–Crippen MR) is 57.3 cm³/mol. The Labute approximate surface area is 77.8 Å². The summed E-state index contributed by atoms with van der Waals surface area (Å²) in [5.74, 6) is 0. The van der Waals surface area contributed by atoms with Crippen molar-refractivity contribution in [3.8, 4) is 0 Å². The second kappa shape index (κ2) is 5.69. The number of hydrogen-bond donors (Lipinski definition) is 2. The molecule has 0 aliphatic rings. The lowest BCUT2D eigenvalue weighted by Gasteiger charge is -2.37. The van der Waals surface area contributed by atoms with E-state index >= 15 is 0 Å². The van der Waals surface area contributed by atoms with E-state index in [-0.39, 0.29) is 0 Å². The molecule has 0 aliphatic heterocycles. The van der Waals surface area contributed by atoms with Crippen molar-refractivity contribution in [3.05, 3.63) is 0 Å². The Kier molecular flexibility index (Phi) is 5.74. The third-order valence-electron chi connectivity index (χ3n) is 2.21. The molecule has 0 atom stereocenters. The van der Waals surface area contributed by atoms with Crippen molar-refractivity contribution in [2.24, 2.45) is 0 Å². The van der Waals surface area contributed by atoms with E-state index in [2.05, 4.69) is 49.4 Å². The molecule has 3 nitrogen and oxygen atoms in total. The molecule has 0 aromatic rings. The lowest BCUT2D eigenvalue weighted by molar-refractivity contribution is 0.553. The van der Waals surface area contributed by atoms with Gasteiger partial charge in [0.05, 0.1) is 0 Å². The highest BCUT2D eigenvalue weighted by atomic mass is 28.4. The molecule has 0 unspecified atom stereocenters. The van der Waals surface area contributed by atoms with Gasteiger partial charge < -0.3 is 14.5 Å². The van der Waals surface area contributed by atoms with Crippen LogP contribution in [0.1, 0.15) is 20.8 Å². The van der Waals surface area contributed by atoms with Gasteiger partial charge in [0.2, 0.25) is 0 Å². The maximum Gasteiger partial charge on any atom is 0.283 e. The van der Waals surface area contributed by atoms with Crippen LogP contribution < -0.4 is 9.96 Å². The molecule has 74 valence electrons. The Morgan fingerprint density at radius 3 is 1.58 bits per heavy atom. The van der Waals surface area contributed by atoms with E-state index in [9.17, 15) is 0 Å². The van der Waals surface area contributed by atoms with Gasteiger partial charge in [0.1, 0.15) is 0 Å². The summed E-state index contributed by atoms with van der Waals surface area (Å²) >= 11 is 0. The van der Waals surface area contributed by atoms with Gasteiger partial charge in [-0.15, -0.1) is 0 Å². The fourth-order valence-corrected chi connectivity index (χ4v) is 4.59. The SMILES string of the molecule is CCN[Si](CC)(NCC)N(C)C. The summed E-state index contributed by atoms with van der Waals surface area (Å²) in [5.41, 5.74) is 0. The van der Waals surface area contributed by atoms with Gasteiger partial charge in [-0.2, -0.15) is 0 Å². The molecular formula is C8H23N3Si. The van der Waals surface area contributed by atoms with Gasteiger partial charge in [-0.3, -0.25) is 0 Å². The molecular weight excluding hydrogens is 166 g/mol. The summed E-state index contributed by atoms with van der Waals surface area (Å²) in [6.45, 7) is 8.67. The van der Waals surface area contributed by atoms with Crippen LogP contribution in [-0.2, 0) is 0 Å². The largest absolute Gasteiger partial charge is 0.313 e. The molecule has 12 heavy (non-hydrogen) atoms. The second-order valence-electron chi connectivity index (χ2n) is 3.17. The lowest BCUT2D eigenvalue weighted by atomic mass is 10.8. The van der Waals surface area contributed by atoms with E-state index in [0.29, 0.717) is 0 Å². The first-order chi connectivity index (χ1) is 5.63. The maximum absolute atomic E-state index is 3.60. The number of hydrogen-bond acceptors (Lipinski definition) is 3. The Bertz CT molecular complexity index is 111. The molecule has 0 bridgehead atoms. The first-order valence-electron chi connectivity index (χ1n) is 4.80. The monoisotopic (exact) mass is 189 g/mol. The van der Waals surface area contributed by atoms with Gasteiger partial charge in [0.15, 0.2) is 0 Å². The van der Waals surface area contributed by atoms with Gasteiger partial charge >= 0.3 is 0 Å². The molecule has 0 saturated heterocycles. The summed E-state index contributed by atoms with van der Waals surface area (Å²) in [6, 6.07) is 1.20. The second-order valence-corrected chi connectivity index (χ2v) is 7.20. The smallest absolute Gasteiger partial charge is 0.283 e. The van der Waals surface area contributed by atoms with E-state index in [1.807, 2.05) is 0 Å². The highest BCUT2D eigenvalue weighted by Gasteiger charge is 2.32. The standard InChI is InChI=1S/C8H23N3Si/c1-6-9-12(8-3,10-7-2)11(4)5/h9-10H,6-8H2,1-5H3. The summed E-state index contributed by atoms with van der Waals surface area (Å²) < 4.78 is 2.33. The van der Waals surface area contributed by atoms with Crippen molar-refractivity contribution in [2.45, 2.75) is 26.8 Å². The average molecular weight is 189 g/mol. The Hall–Kier alpha value is 0.0969. The highest BCUT2D eigenvalue weighted by molar-refractivity contribution is 6.72. The van der Waals surface area contributed by atoms with Crippen molar-refractivity contribution in [1.82, 2.24) is 14.5 Å². The van der Waals surface area contributed by atoms with Gasteiger partial charge in [-0.25, -0.2) is 0 Å². The van der Waals surface area contributed by atoms with Crippen LogP contribution in [0.2, 0.25) is 6.04 Å². The fraction of sp³-hybridized carbons (Fsp3) is 1.00. The molecule has 2 N–H and O–H groups in total.